The van der Waals surface area contributed by atoms with Gasteiger partial charge in [0, 0.05) is 21.0 Å². The highest BCUT2D eigenvalue weighted by molar-refractivity contribution is 5.66. The lowest BCUT2D eigenvalue weighted by Gasteiger charge is -2.18. The summed E-state index contributed by atoms with van der Waals surface area (Å²) in [5, 5.41) is 0. The van der Waals surface area contributed by atoms with Crippen molar-refractivity contribution in [1.29, 1.82) is 0 Å². The number of carbonyl (C=O) groups excluding carboxylic acids is 2. The average Bonchev–Trinajstić information content (AvgIpc) is 2.53. The van der Waals surface area contributed by atoms with Crippen LogP contribution in [0.25, 0.3) is 0 Å². The highest BCUT2D eigenvalue weighted by atomic mass is 19.1. The highest BCUT2D eigenvalue weighted by Gasteiger charge is 2.48. The molecule has 98 valence electrons. The normalized spacial score (nSPS) is 32.2. The first-order chi connectivity index (χ1) is 7.95. The molecule has 0 aromatic carbocycles. The number of carbonyl (C=O) groups is 2. The predicted octanol–water partition coefficient (Wildman–Crippen LogP) is 0.191. The molecule has 0 radical (unpaired) electrons. The van der Waals surface area contributed by atoms with E-state index in [0.29, 0.717) is 0 Å². The van der Waals surface area contributed by atoms with Gasteiger partial charge in [0.2, 0.25) is 0 Å². The third kappa shape index (κ3) is 3.64. The van der Waals surface area contributed by atoms with Crippen LogP contribution in [0.5, 0.6) is 0 Å². The van der Waals surface area contributed by atoms with Crippen molar-refractivity contribution < 1.29 is 32.9 Å². The summed E-state index contributed by atoms with van der Waals surface area (Å²) in [6, 6.07) is 0. The first kappa shape index (κ1) is 13.9. The fourth-order valence-corrected chi connectivity index (χ4v) is 1.54. The molecular weight excluding hydrogens is 235 g/mol. The van der Waals surface area contributed by atoms with Crippen LogP contribution in [0.15, 0.2) is 0 Å². The number of rotatable bonds is 4. The number of hydrogen-bond donors (Lipinski definition) is 0. The van der Waals surface area contributed by atoms with Crippen LogP contribution < -0.4 is 0 Å². The maximum Gasteiger partial charge on any atom is 0.303 e. The second-order valence-corrected chi connectivity index (χ2v) is 3.60. The number of esters is 2. The zero-order chi connectivity index (χ0) is 13.0. The lowest BCUT2D eigenvalue weighted by molar-refractivity contribution is -0.162. The Morgan fingerprint density at radius 3 is 2.41 bits per heavy atom. The molecular formula is C10H15FO6. The number of halogens is 1. The van der Waals surface area contributed by atoms with Gasteiger partial charge in [-0.2, -0.15) is 0 Å². The summed E-state index contributed by atoms with van der Waals surface area (Å²) in [6.07, 6.45) is -4.72. The van der Waals surface area contributed by atoms with E-state index in [4.69, 9.17) is 18.9 Å². The van der Waals surface area contributed by atoms with E-state index in [9.17, 15) is 14.0 Å². The molecule has 0 aliphatic carbocycles. The Hall–Kier alpha value is -1.21. The molecule has 1 aliphatic heterocycles. The smallest absolute Gasteiger partial charge is 0.303 e. The summed E-state index contributed by atoms with van der Waals surface area (Å²) in [5.41, 5.74) is 0. The Balaban J connectivity index is 2.64. The molecule has 4 atom stereocenters. The minimum absolute atomic E-state index is 0.187. The van der Waals surface area contributed by atoms with Gasteiger partial charge in [0.1, 0.15) is 12.7 Å². The maximum atomic E-state index is 13.7. The summed E-state index contributed by atoms with van der Waals surface area (Å²) in [6.45, 7) is 2.19. The molecule has 6 nitrogen and oxygen atoms in total. The summed E-state index contributed by atoms with van der Waals surface area (Å²) < 4.78 is 33.1. The molecule has 0 amide bonds. The third-order valence-corrected chi connectivity index (χ3v) is 2.23. The predicted molar refractivity (Wildman–Crippen MR) is 52.8 cm³/mol. The largest absolute Gasteiger partial charge is 0.463 e. The van der Waals surface area contributed by atoms with E-state index in [1.54, 1.807) is 0 Å². The molecule has 1 saturated heterocycles. The SMILES string of the molecule is COC1O[C@H](COC(C)=O)C(OC(C)=O)C1F. The fraction of sp³-hybridized carbons (Fsp3) is 0.800. The van der Waals surface area contributed by atoms with E-state index < -0.39 is 36.6 Å². The third-order valence-electron chi connectivity index (χ3n) is 2.23. The lowest BCUT2D eigenvalue weighted by Crippen LogP contribution is -2.36. The average molecular weight is 250 g/mol. The van der Waals surface area contributed by atoms with Gasteiger partial charge in [-0.05, 0) is 0 Å². The molecule has 0 saturated carbocycles. The molecule has 1 rings (SSSR count). The quantitative estimate of drug-likeness (QED) is 0.663. The Morgan fingerprint density at radius 1 is 1.29 bits per heavy atom. The molecule has 0 spiro atoms. The van der Waals surface area contributed by atoms with Crippen molar-refractivity contribution >= 4 is 11.9 Å². The van der Waals surface area contributed by atoms with Gasteiger partial charge in [-0.1, -0.05) is 0 Å². The van der Waals surface area contributed by atoms with E-state index in [1.807, 2.05) is 0 Å². The van der Waals surface area contributed by atoms with E-state index in [-0.39, 0.29) is 6.61 Å². The molecule has 0 bridgehead atoms. The molecule has 1 aliphatic rings. The van der Waals surface area contributed by atoms with E-state index in [0.717, 1.165) is 6.92 Å². The van der Waals surface area contributed by atoms with Crippen molar-refractivity contribution in [2.45, 2.75) is 38.5 Å². The van der Waals surface area contributed by atoms with Crippen LogP contribution in [-0.4, -0.2) is 50.3 Å². The van der Waals surface area contributed by atoms with E-state index in [2.05, 4.69) is 0 Å². The van der Waals surface area contributed by atoms with Crippen molar-refractivity contribution in [3.63, 3.8) is 0 Å². The maximum absolute atomic E-state index is 13.7. The van der Waals surface area contributed by atoms with Crippen LogP contribution in [-0.2, 0) is 28.5 Å². The highest BCUT2D eigenvalue weighted by Crippen LogP contribution is 2.27. The zero-order valence-corrected chi connectivity index (χ0v) is 9.84. The topological polar surface area (TPSA) is 71.1 Å². The van der Waals surface area contributed by atoms with Gasteiger partial charge < -0.3 is 18.9 Å². The fourth-order valence-electron chi connectivity index (χ4n) is 1.54. The molecule has 1 heterocycles. The number of ether oxygens (including phenoxy) is 4. The van der Waals surface area contributed by atoms with Crippen molar-refractivity contribution in [2.75, 3.05) is 13.7 Å². The Morgan fingerprint density at radius 2 is 1.94 bits per heavy atom. The number of hydrogen-bond acceptors (Lipinski definition) is 6. The number of alkyl halides is 1. The van der Waals surface area contributed by atoms with Crippen LogP contribution in [0.2, 0.25) is 0 Å². The first-order valence-electron chi connectivity index (χ1n) is 5.08. The molecule has 0 N–H and O–H groups in total. The summed E-state index contributed by atoms with van der Waals surface area (Å²) in [4.78, 5) is 21.5. The van der Waals surface area contributed by atoms with Gasteiger partial charge >= 0.3 is 11.9 Å². The number of methoxy groups -OCH3 is 1. The van der Waals surface area contributed by atoms with Crippen molar-refractivity contribution in [3.8, 4) is 0 Å². The molecule has 1 fully saturated rings. The lowest BCUT2D eigenvalue weighted by atomic mass is 10.1. The standard InChI is InChI=1S/C10H15FO6/c1-5(12)15-4-7-9(16-6(2)13)8(11)10(14-3)17-7/h7-10H,4H2,1-3H3/t7-,8?,9?,10?/m1/s1. The summed E-state index contributed by atoms with van der Waals surface area (Å²) in [5.74, 6) is -1.16. The first-order valence-corrected chi connectivity index (χ1v) is 5.08. The van der Waals surface area contributed by atoms with Crippen molar-refractivity contribution in [3.05, 3.63) is 0 Å². The summed E-state index contributed by atoms with van der Waals surface area (Å²) in [7, 11) is 1.27. The van der Waals surface area contributed by atoms with Gasteiger partial charge in [-0.25, -0.2) is 4.39 Å². The van der Waals surface area contributed by atoms with Crippen LogP contribution in [0.4, 0.5) is 4.39 Å². The molecule has 17 heavy (non-hydrogen) atoms. The molecule has 3 unspecified atom stereocenters. The Kier molecular flexibility index (Phi) is 4.83. The van der Waals surface area contributed by atoms with Gasteiger partial charge in [0.15, 0.2) is 18.6 Å². The van der Waals surface area contributed by atoms with Crippen LogP contribution in [0.1, 0.15) is 13.8 Å². The molecule has 0 aromatic rings. The second kappa shape index (κ2) is 5.92. The van der Waals surface area contributed by atoms with E-state index >= 15 is 0 Å². The van der Waals surface area contributed by atoms with Gasteiger partial charge in [-0.15, -0.1) is 0 Å². The minimum atomic E-state index is -1.61. The molecule has 7 heteroatoms. The molecule has 0 aromatic heterocycles. The Bertz CT molecular complexity index is 295. The van der Waals surface area contributed by atoms with Gasteiger partial charge in [0.05, 0.1) is 0 Å². The van der Waals surface area contributed by atoms with Gasteiger partial charge in [0.25, 0.3) is 0 Å². The Labute approximate surface area is 98.0 Å². The van der Waals surface area contributed by atoms with Gasteiger partial charge in [-0.3, -0.25) is 9.59 Å². The van der Waals surface area contributed by atoms with Crippen molar-refractivity contribution in [2.24, 2.45) is 0 Å². The van der Waals surface area contributed by atoms with Crippen LogP contribution in [0, 0.1) is 0 Å². The van der Waals surface area contributed by atoms with E-state index in [1.165, 1.54) is 14.0 Å². The van der Waals surface area contributed by atoms with Crippen molar-refractivity contribution in [1.82, 2.24) is 0 Å². The van der Waals surface area contributed by atoms with Crippen LogP contribution in [0.3, 0.4) is 0 Å². The minimum Gasteiger partial charge on any atom is -0.463 e. The zero-order valence-electron chi connectivity index (χ0n) is 9.84. The second-order valence-electron chi connectivity index (χ2n) is 3.60. The van der Waals surface area contributed by atoms with Crippen LogP contribution >= 0.6 is 0 Å². The monoisotopic (exact) mass is 250 g/mol. The summed E-state index contributed by atoms with van der Waals surface area (Å²) >= 11 is 0.